The Labute approximate surface area is 111 Å². The van der Waals surface area contributed by atoms with Gasteiger partial charge < -0.3 is 0 Å². The molecule has 3 aromatic heterocycles. The molecule has 3 rings (SSSR count). The minimum absolute atomic E-state index is 0.994. The highest BCUT2D eigenvalue weighted by molar-refractivity contribution is 8.01. The molecule has 0 saturated carbocycles. The first-order chi connectivity index (χ1) is 8.22. The molecular formula is C11H9N3S3. The number of thiophene rings is 1. The van der Waals surface area contributed by atoms with Crippen LogP contribution < -0.4 is 0 Å². The summed E-state index contributed by atoms with van der Waals surface area (Å²) in [6.07, 6.45) is 1.63. The lowest BCUT2D eigenvalue weighted by atomic mass is 10.4. The Morgan fingerprint density at radius 3 is 2.88 bits per heavy atom. The SMILES string of the molecule is Cc1csc(Sc2ncnc3sc(C)cc23)n1. The van der Waals surface area contributed by atoms with Crippen LogP contribution in [0.5, 0.6) is 0 Å². The average Bonchev–Trinajstić information content (AvgIpc) is 2.84. The van der Waals surface area contributed by atoms with Crippen LogP contribution in [-0.4, -0.2) is 15.0 Å². The summed E-state index contributed by atoms with van der Waals surface area (Å²) in [6, 6.07) is 2.14. The van der Waals surface area contributed by atoms with Crippen LogP contribution in [-0.2, 0) is 0 Å². The molecule has 0 amide bonds. The van der Waals surface area contributed by atoms with Crippen LogP contribution in [0.15, 0.2) is 27.1 Å². The van der Waals surface area contributed by atoms with Crippen molar-refractivity contribution in [2.45, 2.75) is 23.2 Å². The van der Waals surface area contributed by atoms with Gasteiger partial charge in [-0.2, -0.15) is 0 Å². The molecule has 0 atom stereocenters. The second-order valence-corrected chi connectivity index (χ2v) is 6.94. The number of hydrogen-bond donors (Lipinski definition) is 0. The van der Waals surface area contributed by atoms with Crippen molar-refractivity contribution < 1.29 is 0 Å². The zero-order chi connectivity index (χ0) is 11.8. The molecule has 6 heteroatoms. The Morgan fingerprint density at radius 1 is 1.24 bits per heavy atom. The first kappa shape index (κ1) is 11.1. The van der Waals surface area contributed by atoms with E-state index in [1.807, 2.05) is 6.92 Å². The van der Waals surface area contributed by atoms with E-state index in [0.29, 0.717) is 0 Å². The Balaban J connectivity index is 2.05. The second-order valence-electron chi connectivity index (χ2n) is 3.61. The molecule has 0 aliphatic heterocycles. The summed E-state index contributed by atoms with van der Waals surface area (Å²) in [5.41, 5.74) is 1.06. The molecule has 0 spiro atoms. The van der Waals surface area contributed by atoms with Crippen molar-refractivity contribution in [3.63, 3.8) is 0 Å². The van der Waals surface area contributed by atoms with Gasteiger partial charge in [0.25, 0.3) is 0 Å². The van der Waals surface area contributed by atoms with Crippen molar-refractivity contribution in [2.24, 2.45) is 0 Å². The Hall–Kier alpha value is -0.980. The van der Waals surface area contributed by atoms with Crippen LogP contribution in [0.3, 0.4) is 0 Å². The number of hydrogen-bond acceptors (Lipinski definition) is 6. The lowest BCUT2D eigenvalue weighted by Crippen LogP contribution is -1.82. The largest absolute Gasteiger partial charge is 0.235 e. The zero-order valence-electron chi connectivity index (χ0n) is 9.30. The topological polar surface area (TPSA) is 38.7 Å². The predicted octanol–water partition coefficient (Wildman–Crippen LogP) is 3.92. The number of nitrogens with zero attached hydrogens (tertiary/aromatic N) is 3. The van der Waals surface area contributed by atoms with Gasteiger partial charge in [-0.3, -0.25) is 0 Å². The summed E-state index contributed by atoms with van der Waals surface area (Å²) in [7, 11) is 0. The lowest BCUT2D eigenvalue weighted by Gasteiger charge is -1.97. The molecule has 3 nitrogen and oxygen atoms in total. The van der Waals surface area contributed by atoms with Crippen LogP contribution in [0, 0.1) is 13.8 Å². The van der Waals surface area contributed by atoms with E-state index in [2.05, 4.69) is 33.3 Å². The number of rotatable bonds is 2. The molecule has 0 saturated heterocycles. The highest BCUT2D eigenvalue weighted by atomic mass is 32.2. The summed E-state index contributed by atoms with van der Waals surface area (Å²) in [5.74, 6) is 0. The third-order valence-electron chi connectivity index (χ3n) is 2.20. The van der Waals surface area contributed by atoms with Crippen molar-refractivity contribution in [3.05, 3.63) is 28.3 Å². The van der Waals surface area contributed by atoms with Gasteiger partial charge >= 0.3 is 0 Å². The van der Waals surface area contributed by atoms with Crippen LogP contribution >= 0.6 is 34.4 Å². The lowest BCUT2D eigenvalue weighted by molar-refractivity contribution is 1.10. The van der Waals surface area contributed by atoms with Crippen molar-refractivity contribution >= 4 is 44.7 Å². The highest BCUT2D eigenvalue weighted by Crippen LogP contribution is 2.35. The van der Waals surface area contributed by atoms with Gasteiger partial charge in [-0.15, -0.1) is 22.7 Å². The molecule has 17 heavy (non-hydrogen) atoms. The maximum absolute atomic E-state index is 4.44. The van der Waals surface area contributed by atoms with E-state index in [0.717, 1.165) is 25.3 Å². The Bertz CT molecular complexity index is 671. The van der Waals surface area contributed by atoms with Crippen LogP contribution in [0.4, 0.5) is 0 Å². The van der Waals surface area contributed by atoms with Gasteiger partial charge in [0.15, 0.2) is 4.34 Å². The molecule has 3 aromatic rings. The van der Waals surface area contributed by atoms with E-state index < -0.39 is 0 Å². The molecule has 0 aliphatic carbocycles. The van der Waals surface area contributed by atoms with Crippen molar-refractivity contribution in [1.29, 1.82) is 0 Å². The van der Waals surface area contributed by atoms with E-state index in [9.17, 15) is 0 Å². The first-order valence-corrected chi connectivity index (χ1v) is 7.55. The van der Waals surface area contributed by atoms with Gasteiger partial charge in [0.1, 0.15) is 16.2 Å². The second kappa shape index (κ2) is 4.36. The fraction of sp³-hybridized carbons (Fsp3) is 0.182. The molecule has 3 heterocycles. The predicted molar refractivity (Wildman–Crippen MR) is 73.1 cm³/mol. The monoisotopic (exact) mass is 279 g/mol. The molecule has 0 radical (unpaired) electrons. The van der Waals surface area contributed by atoms with E-state index in [-0.39, 0.29) is 0 Å². The van der Waals surface area contributed by atoms with Crippen LogP contribution in [0.1, 0.15) is 10.6 Å². The smallest absolute Gasteiger partial charge is 0.156 e. The van der Waals surface area contributed by atoms with Gasteiger partial charge in [-0.05, 0) is 31.7 Å². The normalized spacial score (nSPS) is 11.2. The van der Waals surface area contributed by atoms with Crippen molar-refractivity contribution in [2.75, 3.05) is 0 Å². The van der Waals surface area contributed by atoms with Gasteiger partial charge in [0, 0.05) is 21.3 Å². The van der Waals surface area contributed by atoms with E-state index >= 15 is 0 Å². The van der Waals surface area contributed by atoms with Crippen molar-refractivity contribution in [1.82, 2.24) is 15.0 Å². The van der Waals surface area contributed by atoms with Crippen LogP contribution in [0.25, 0.3) is 10.2 Å². The third-order valence-corrected chi connectivity index (χ3v) is 5.23. The minimum atomic E-state index is 0.994. The molecule has 0 aliphatic rings. The van der Waals surface area contributed by atoms with E-state index in [1.54, 1.807) is 40.8 Å². The minimum Gasteiger partial charge on any atom is -0.235 e. The highest BCUT2D eigenvalue weighted by Gasteiger charge is 2.10. The summed E-state index contributed by atoms with van der Waals surface area (Å²) >= 11 is 4.97. The number of aryl methyl sites for hydroxylation is 2. The van der Waals surface area contributed by atoms with Gasteiger partial charge in [0.2, 0.25) is 0 Å². The summed E-state index contributed by atoms with van der Waals surface area (Å²) in [6.45, 7) is 4.10. The van der Waals surface area contributed by atoms with Crippen LogP contribution in [0.2, 0.25) is 0 Å². The van der Waals surface area contributed by atoms with Gasteiger partial charge in [0.05, 0.1) is 0 Å². The first-order valence-electron chi connectivity index (χ1n) is 5.03. The molecular weight excluding hydrogens is 270 g/mol. The van der Waals surface area contributed by atoms with E-state index in [1.165, 1.54) is 4.88 Å². The molecule has 0 fully saturated rings. The summed E-state index contributed by atoms with van der Waals surface area (Å²) < 4.78 is 1.03. The maximum atomic E-state index is 4.44. The fourth-order valence-corrected chi connectivity index (χ4v) is 4.22. The molecule has 86 valence electrons. The average molecular weight is 279 g/mol. The maximum Gasteiger partial charge on any atom is 0.156 e. The quantitative estimate of drug-likeness (QED) is 0.667. The molecule has 0 bridgehead atoms. The molecule has 0 aromatic carbocycles. The van der Waals surface area contributed by atoms with Gasteiger partial charge in [-0.25, -0.2) is 15.0 Å². The zero-order valence-corrected chi connectivity index (χ0v) is 11.7. The third kappa shape index (κ3) is 2.20. The Morgan fingerprint density at radius 2 is 2.12 bits per heavy atom. The molecule has 0 unspecified atom stereocenters. The number of aromatic nitrogens is 3. The number of thiazole rings is 1. The van der Waals surface area contributed by atoms with E-state index in [4.69, 9.17) is 0 Å². The summed E-state index contributed by atoms with van der Waals surface area (Å²) in [4.78, 5) is 15.4. The Kier molecular flexibility index (Phi) is 2.85. The van der Waals surface area contributed by atoms with Crippen molar-refractivity contribution in [3.8, 4) is 0 Å². The number of fused-ring (bicyclic) bond motifs is 1. The molecule has 0 N–H and O–H groups in total. The van der Waals surface area contributed by atoms with Gasteiger partial charge in [-0.1, -0.05) is 0 Å². The summed E-state index contributed by atoms with van der Waals surface area (Å²) in [5, 5.41) is 4.18. The standard InChI is InChI=1S/C11H9N3S3/c1-6-4-15-11(14-6)17-10-8-3-7(2)16-9(8)12-5-13-10/h3-5H,1-2H3. The fourth-order valence-electron chi connectivity index (χ4n) is 1.50.